The minimum Gasteiger partial charge on any atom is -0.325 e. The van der Waals surface area contributed by atoms with Gasteiger partial charge in [0.25, 0.3) is 0 Å². The molecule has 1 fully saturated rings. The van der Waals surface area contributed by atoms with Gasteiger partial charge in [0.1, 0.15) is 0 Å². The Labute approximate surface area is 70.4 Å². The van der Waals surface area contributed by atoms with Gasteiger partial charge in [-0.2, -0.15) is 0 Å². The van der Waals surface area contributed by atoms with E-state index in [4.69, 9.17) is 5.73 Å². The molecule has 11 heavy (non-hydrogen) atoms. The summed E-state index contributed by atoms with van der Waals surface area (Å²) in [5, 5.41) is 0. The lowest BCUT2D eigenvalue weighted by molar-refractivity contribution is -0.121. The number of hydrogen-bond donors (Lipinski definition) is 1. The van der Waals surface area contributed by atoms with Gasteiger partial charge < -0.3 is 5.73 Å². The van der Waals surface area contributed by atoms with Crippen molar-refractivity contribution in [2.75, 3.05) is 0 Å². The van der Waals surface area contributed by atoms with Gasteiger partial charge in [0.05, 0.1) is 0 Å². The van der Waals surface area contributed by atoms with Crippen molar-refractivity contribution in [3.8, 4) is 0 Å². The molecule has 0 radical (unpaired) electrons. The van der Waals surface area contributed by atoms with Crippen LogP contribution in [0.25, 0.3) is 0 Å². The highest BCUT2D eigenvalue weighted by Crippen LogP contribution is 2.62. The third-order valence-corrected chi connectivity index (χ3v) is 4.47. The van der Waals surface area contributed by atoms with Gasteiger partial charge in [-0.25, -0.2) is 0 Å². The van der Waals surface area contributed by atoms with Crippen LogP contribution in [0.4, 0.5) is 0 Å². The fourth-order valence-corrected chi connectivity index (χ4v) is 2.40. The van der Waals surface area contributed by atoms with Crippen LogP contribution in [0.2, 0.25) is 0 Å². The van der Waals surface area contributed by atoms with E-state index in [1.54, 1.807) is 0 Å². The third-order valence-electron chi connectivity index (χ3n) is 4.47. The first kappa shape index (κ1) is 9.05. The predicted molar refractivity (Wildman–Crippen MR) is 49.4 cm³/mol. The summed E-state index contributed by atoms with van der Waals surface area (Å²) in [5.41, 5.74) is 6.97. The zero-order valence-corrected chi connectivity index (χ0v) is 8.49. The van der Waals surface area contributed by atoms with Crippen LogP contribution in [0.1, 0.15) is 47.5 Å². The summed E-state index contributed by atoms with van der Waals surface area (Å²) in [7, 11) is 0. The minimum absolute atomic E-state index is 0.0533. The number of hydrogen-bond acceptors (Lipinski definition) is 1. The molecule has 2 atom stereocenters. The topological polar surface area (TPSA) is 26.0 Å². The maximum atomic E-state index is 6.15. The van der Waals surface area contributed by atoms with E-state index in [9.17, 15) is 0 Å². The summed E-state index contributed by atoms with van der Waals surface area (Å²) in [6.45, 7) is 11.4. The normalized spacial score (nSPS) is 48.5. The average Bonchev–Trinajstić information content (AvgIpc) is 1.86. The Morgan fingerprint density at radius 3 is 1.73 bits per heavy atom. The van der Waals surface area contributed by atoms with Crippen molar-refractivity contribution in [1.82, 2.24) is 0 Å². The first-order valence-electron chi connectivity index (χ1n) is 4.56. The van der Waals surface area contributed by atoms with Gasteiger partial charge in [-0.15, -0.1) is 0 Å². The average molecular weight is 155 g/mol. The molecule has 0 aromatic heterocycles. The molecule has 0 spiro atoms. The standard InChI is InChI=1S/C10H21N/c1-6-9(4)7-10(5,11)8(9,2)3/h6-7,11H2,1-5H3/t9-,10-/m0/s1. The van der Waals surface area contributed by atoms with Crippen molar-refractivity contribution in [2.24, 2.45) is 16.6 Å². The second-order valence-electron chi connectivity index (χ2n) is 5.13. The van der Waals surface area contributed by atoms with Crippen molar-refractivity contribution >= 4 is 0 Å². The van der Waals surface area contributed by atoms with Gasteiger partial charge in [-0.05, 0) is 24.2 Å². The van der Waals surface area contributed by atoms with Gasteiger partial charge in [0, 0.05) is 5.54 Å². The number of nitrogens with two attached hydrogens (primary N) is 1. The first-order valence-corrected chi connectivity index (χ1v) is 4.56. The van der Waals surface area contributed by atoms with Crippen LogP contribution >= 0.6 is 0 Å². The fraction of sp³-hybridized carbons (Fsp3) is 1.00. The molecule has 0 bridgehead atoms. The maximum absolute atomic E-state index is 6.15. The molecule has 0 saturated heterocycles. The van der Waals surface area contributed by atoms with E-state index in [0.29, 0.717) is 10.8 Å². The Hall–Kier alpha value is -0.0400. The molecule has 1 aliphatic rings. The highest BCUT2D eigenvalue weighted by molar-refractivity contribution is 5.15. The molecule has 0 heterocycles. The van der Waals surface area contributed by atoms with E-state index < -0.39 is 0 Å². The highest BCUT2D eigenvalue weighted by Gasteiger charge is 2.61. The molecule has 0 aromatic rings. The summed E-state index contributed by atoms with van der Waals surface area (Å²) in [6, 6.07) is 0. The molecule has 1 aliphatic carbocycles. The SMILES string of the molecule is CC[C@@]1(C)C[C@](C)(N)C1(C)C. The molecule has 1 rings (SSSR count). The van der Waals surface area contributed by atoms with E-state index in [-0.39, 0.29) is 5.54 Å². The van der Waals surface area contributed by atoms with Crippen molar-refractivity contribution in [2.45, 2.75) is 53.0 Å². The van der Waals surface area contributed by atoms with E-state index in [1.807, 2.05) is 0 Å². The Kier molecular flexibility index (Phi) is 1.65. The zero-order chi connectivity index (χ0) is 8.91. The molecule has 0 aromatic carbocycles. The van der Waals surface area contributed by atoms with Gasteiger partial charge in [-0.1, -0.05) is 34.1 Å². The lowest BCUT2D eigenvalue weighted by Crippen LogP contribution is -2.69. The van der Waals surface area contributed by atoms with Crippen LogP contribution in [0.5, 0.6) is 0 Å². The first-order chi connectivity index (χ1) is 4.77. The molecule has 2 N–H and O–H groups in total. The molecule has 1 heteroatoms. The zero-order valence-electron chi connectivity index (χ0n) is 8.49. The highest BCUT2D eigenvalue weighted by atomic mass is 14.9. The second kappa shape index (κ2) is 2.01. The van der Waals surface area contributed by atoms with Gasteiger partial charge in [0.2, 0.25) is 0 Å². The predicted octanol–water partition coefficient (Wildman–Crippen LogP) is 2.55. The fourth-order valence-electron chi connectivity index (χ4n) is 2.40. The molecular weight excluding hydrogens is 134 g/mol. The van der Waals surface area contributed by atoms with Gasteiger partial charge >= 0.3 is 0 Å². The lowest BCUT2D eigenvalue weighted by Gasteiger charge is -2.65. The van der Waals surface area contributed by atoms with E-state index in [2.05, 4.69) is 34.6 Å². The molecule has 0 amide bonds. The van der Waals surface area contributed by atoms with E-state index >= 15 is 0 Å². The molecular formula is C10H21N. The summed E-state index contributed by atoms with van der Waals surface area (Å²) in [6.07, 6.45) is 2.41. The maximum Gasteiger partial charge on any atom is 0.0188 e. The quantitative estimate of drug-likeness (QED) is 0.618. The van der Waals surface area contributed by atoms with Crippen molar-refractivity contribution in [1.29, 1.82) is 0 Å². The van der Waals surface area contributed by atoms with Crippen molar-refractivity contribution in [3.05, 3.63) is 0 Å². The Morgan fingerprint density at radius 2 is 1.64 bits per heavy atom. The Balaban J connectivity index is 2.84. The minimum atomic E-state index is 0.0533. The van der Waals surface area contributed by atoms with Crippen molar-refractivity contribution in [3.63, 3.8) is 0 Å². The van der Waals surface area contributed by atoms with Crippen LogP contribution in [0.15, 0.2) is 0 Å². The summed E-state index contributed by atoms with van der Waals surface area (Å²) < 4.78 is 0. The van der Waals surface area contributed by atoms with Crippen molar-refractivity contribution < 1.29 is 0 Å². The monoisotopic (exact) mass is 155 g/mol. The summed E-state index contributed by atoms with van der Waals surface area (Å²) in [4.78, 5) is 0. The van der Waals surface area contributed by atoms with Crippen LogP contribution in [0.3, 0.4) is 0 Å². The molecule has 1 nitrogen and oxygen atoms in total. The Bertz CT molecular complexity index is 170. The molecule has 66 valence electrons. The van der Waals surface area contributed by atoms with Gasteiger partial charge in [-0.3, -0.25) is 0 Å². The number of rotatable bonds is 1. The van der Waals surface area contributed by atoms with E-state index in [0.717, 1.165) is 0 Å². The van der Waals surface area contributed by atoms with Crippen LogP contribution in [-0.4, -0.2) is 5.54 Å². The lowest BCUT2D eigenvalue weighted by atomic mass is 9.42. The molecule has 1 saturated carbocycles. The third kappa shape index (κ3) is 0.868. The van der Waals surface area contributed by atoms with Crippen LogP contribution in [-0.2, 0) is 0 Å². The van der Waals surface area contributed by atoms with Gasteiger partial charge in [0.15, 0.2) is 0 Å². The largest absolute Gasteiger partial charge is 0.325 e. The van der Waals surface area contributed by atoms with Crippen LogP contribution < -0.4 is 5.73 Å². The Morgan fingerprint density at radius 1 is 1.18 bits per heavy atom. The molecule has 0 aliphatic heterocycles. The smallest absolute Gasteiger partial charge is 0.0188 e. The van der Waals surface area contributed by atoms with Crippen LogP contribution in [0, 0.1) is 10.8 Å². The summed E-state index contributed by atoms with van der Waals surface area (Å²) in [5.74, 6) is 0. The van der Waals surface area contributed by atoms with E-state index in [1.165, 1.54) is 12.8 Å². The second-order valence-corrected chi connectivity index (χ2v) is 5.13. The summed E-state index contributed by atoms with van der Waals surface area (Å²) >= 11 is 0. The molecule has 0 unspecified atom stereocenters.